The molecule has 0 radical (unpaired) electrons. The molecule has 24 heavy (non-hydrogen) atoms. The molecule has 0 saturated carbocycles. The van der Waals surface area contributed by atoms with Crippen LogP contribution in [0, 0.1) is 5.92 Å². The topological polar surface area (TPSA) is 61.4 Å². The van der Waals surface area contributed by atoms with Crippen molar-refractivity contribution in [3.8, 4) is 11.1 Å². The first kappa shape index (κ1) is 17.5. The molecule has 5 heteroatoms. The number of carbonyl (C=O) groups is 2. The molecule has 0 aliphatic heterocycles. The fourth-order valence-electron chi connectivity index (χ4n) is 2.42. The third kappa shape index (κ3) is 4.59. The third-order valence-corrected chi connectivity index (χ3v) is 3.83. The Kier molecular flexibility index (Phi) is 5.95. The van der Waals surface area contributed by atoms with Crippen molar-refractivity contribution in [3.05, 3.63) is 54.6 Å². The van der Waals surface area contributed by atoms with Gasteiger partial charge in [-0.15, -0.1) is 0 Å². The van der Waals surface area contributed by atoms with E-state index in [2.05, 4.69) is 10.6 Å². The third-order valence-electron chi connectivity index (χ3n) is 3.83. The van der Waals surface area contributed by atoms with E-state index in [0.717, 1.165) is 16.8 Å². The van der Waals surface area contributed by atoms with Crippen LogP contribution in [0.1, 0.15) is 6.92 Å². The molecule has 1 atom stereocenters. The zero-order valence-electron chi connectivity index (χ0n) is 14.2. The van der Waals surface area contributed by atoms with E-state index in [-0.39, 0.29) is 17.9 Å². The van der Waals surface area contributed by atoms with Gasteiger partial charge in [0.2, 0.25) is 5.91 Å². The van der Waals surface area contributed by atoms with Crippen molar-refractivity contribution >= 4 is 17.6 Å². The van der Waals surface area contributed by atoms with Gasteiger partial charge >= 0.3 is 6.03 Å². The van der Waals surface area contributed by atoms with E-state index >= 15 is 0 Å². The molecular weight excluding hydrogens is 302 g/mol. The molecule has 2 aromatic carbocycles. The standard InChI is InChI=1S/C19H23N3O2/c1-14(18(23)20-2)13-22(3)19(24)21-17-11-9-16(10-12-17)15-7-5-4-6-8-15/h4-12,14H,13H2,1-3H3,(H,20,23)(H,21,24)/t14-/m0/s1. The van der Waals surface area contributed by atoms with Gasteiger partial charge in [-0.1, -0.05) is 49.4 Å². The number of hydrogen-bond donors (Lipinski definition) is 2. The Morgan fingerprint density at radius 2 is 1.58 bits per heavy atom. The molecule has 0 bridgehead atoms. The van der Waals surface area contributed by atoms with E-state index in [4.69, 9.17) is 0 Å². The lowest BCUT2D eigenvalue weighted by atomic mass is 10.1. The molecule has 2 N–H and O–H groups in total. The summed E-state index contributed by atoms with van der Waals surface area (Å²) in [5.41, 5.74) is 2.95. The molecule has 0 unspecified atom stereocenters. The number of benzene rings is 2. The van der Waals surface area contributed by atoms with Crippen molar-refractivity contribution in [1.82, 2.24) is 10.2 Å². The maximum atomic E-state index is 12.2. The smallest absolute Gasteiger partial charge is 0.321 e. The van der Waals surface area contributed by atoms with Gasteiger partial charge in [-0.05, 0) is 23.3 Å². The highest BCUT2D eigenvalue weighted by atomic mass is 16.2. The first-order valence-corrected chi connectivity index (χ1v) is 7.90. The van der Waals surface area contributed by atoms with Crippen LogP contribution in [-0.2, 0) is 4.79 Å². The first-order chi connectivity index (χ1) is 11.5. The van der Waals surface area contributed by atoms with Crippen LogP contribution < -0.4 is 10.6 Å². The maximum absolute atomic E-state index is 12.2. The molecule has 0 heterocycles. The Bertz CT molecular complexity index is 684. The van der Waals surface area contributed by atoms with Gasteiger partial charge in [0.15, 0.2) is 0 Å². The molecular formula is C19H23N3O2. The summed E-state index contributed by atoms with van der Waals surface area (Å²) in [5, 5.41) is 5.42. The summed E-state index contributed by atoms with van der Waals surface area (Å²) >= 11 is 0. The van der Waals surface area contributed by atoms with Crippen LogP contribution in [0.2, 0.25) is 0 Å². The number of carbonyl (C=O) groups excluding carboxylic acids is 2. The largest absolute Gasteiger partial charge is 0.359 e. The predicted molar refractivity (Wildman–Crippen MR) is 96.8 cm³/mol. The molecule has 5 nitrogen and oxygen atoms in total. The number of nitrogens with zero attached hydrogens (tertiary/aromatic N) is 1. The van der Waals surface area contributed by atoms with Crippen molar-refractivity contribution in [2.24, 2.45) is 5.92 Å². The van der Waals surface area contributed by atoms with Crippen molar-refractivity contribution in [2.45, 2.75) is 6.92 Å². The van der Waals surface area contributed by atoms with E-state index in [1.807, 2.05) is 54.6 Å². The number of urea groups is 1. The van der Waals surface area contributed by atoms with E-state index in [9.17, 15) is 9.59 Å². The Morgan fingerprint density at radius 3 is 2.17 bits per heavy atom. The quantitative estimate of drug-likeness (QED) is 0.887. The number of rotatable bonds is 5. The summed E-state index contributed by atoms with van der Waals surface area (Å²) in [6.45, 7) is 2.14. The minimum atomic E-state index is -0.258. The van der Waals surface area contributed by atoms with Crippen LogP contribution in [0.25, 0.3) is 11.1 Å². The molecule has 0 aliphatic rings. The second kappa shape index (κ2) is 8.15. The fourth-order valence-corrected chi connectivity index (χ4v) is 2.42. The number of amides is 3. The van der Waals surface area contributed by atoms with Crippen LogP contribution in [0.4, 0.5) is 10.5 Å². The Hall–Kier alpha value is -2.82. The highest BCUT2D eigenvalue weighted by molar-refractivity contribution is 5.90. The molecule has 0 aromatic heterocycles. The maximum Gasteiger partial charge on any atom is 0.321 e. The van der Waals surface area contributed by atoms with Crippen LogP contribution in [0.15, 0.2) is 54.6 Å². The highest BCUT2D eigenvalue weighted by Gasteiger charge is 2.17. The lowest BCUT2D eigenvalue weighted by Crippen LogP contribution is -2.39. The van der Waals surface area contributed by atoms with Gasteiger partial charge in [0, 0.05) is 26.3 Å². The summed E-state index contributed by atoms with van der Waals surface area (Å²) in [6.07, 6.45) is 0. The lowest BCUT2D eigenvalue weighted by molar-refractivity contribution is -0.124. The van der Waals surface area contributed by atoms with Crippen molar-refractivity contribution in [3.63, 3.8) is 0 Å². The van der Waals surface area contributed by atoms with Gasteiger partial charge in [0.1, 0.15) is 0 Å². The lowest BCUT2D eigenvalue weighted by Gasteiger charge is -2.21. The van der Waals surface area contributed by atoms with Crippen LogP contribution in [0.3, 0.4) is 0 Å². The van der Waals surface area contributed by atoms with Crippen LogP contribution in [-0.4, -0.2) is 37.5 Å². The zero-order valence-corrected chi connectivity index (χ0v) is 14.2. The Labute approximate surface area is 142 Å². The van der Waals surface area contributed by atoms with Crippen LogP contribution in [0.5, 0.6) is 0 Å². The molecule has 0 fully saturated rings. The van der Waals surface area contributed by atoms with Crippen molar-refractivity contribution in [2.75, 3.05) is 26.0 Å². The Balaban J connectivity index is 1.95. The normalized spacial score (nSPS) is 11.5. The fraction of sp³-hybridized carbons (Fsp3) is 0.263. The summed E-state index contributed by atoms with van der Waals surface area (Å²) in [5.74, 6) is -0.340. The molecule has 0 aliphatic carbocycles. The van der Waals surface area contributed by atoms with E-state index in [0.29, 0.717) is 6.54 Å². The van der Waals surface area contributed by atoms with Gasteiger partial charge in [0.05, 0.1) is 5.92 Å². The van der Waals surface area contributed by atoms with Gasteiger partial charge in [0.25, 0.3) is 0 Å². The summed E-state index contributed by atoms with van der Waals surface area (Å²) < 4.78 is 0. The molecule has 0 spiro atoms. The second-order valence-electron chi connectivity index (χ2n) is 5.77. The molecule has 126 valence electrons. The minimum Gasteiger partial charge on any atom is -0.359 e. The SMILES string of the molecule is CNC(=O)[C@@H](C)CN(C)C(=O)Nc1ccc(-c2ccccc2)cc1. The van der Waals surface area contributed by atoms with E-state index in [1.165, 1.54) is 4.90 Å². The first-order valence-electron chi connectivity index (χ1n) is 7.90. The second-order valence-corrected chi connectivity index (χ2v) is 5.77. The predicted octanol–water partition coefficient (Wildman–Crippen LogP) is 3.20. The average Bonchev–Trinajstić information content (AvgIpc) is 2.62. The van der Waals surface area contributed by atoms with Gasteiger partial charge in [-0.2, -0.15) is 0 Å². The highest BCUT2D eigenvalue weighted by Crippen LogP contribution is 2.21. The average molecular weight is 325 g/mol. The number of nitrogens with one attached hydrogen (secondary N) is 2. The molecule has 3 amide bonds. The van der Waals surface area contributed by atoms with Gasteiger partial charge in [-0.3, -0.25) is 4.79 Å². The minimum absolute atomic E-state index is 0.0816. The monoisotopic (exact) mass is 325 g/mol. The van der Waals surface area contributed by atoms with E-state index < -0.39 is 0 Å². The Morgan fingerprint density at radius 1 is 1.00 bits per heavy atom. The van der Waals surface area contributed by atoms with Crippen molar-refractivity contribution in [1.29, 1.82) is 0 Å². The molecule has 2 rings (SSSR count). The van der Waals surface area contributed by atoms with Crippen LogP contribution >= 0.6 is 0 Å². The van der Waals surface area contributed by atoms with Gasteiger partial charge in [-0.25, -0.2) is 4.79 Å². The summed E-state index contributed by atoms with van der Waals surface area (Å²) in [4.78, 5) is 25.2. The molecule has 2 aromatic rings. The number of anilines is 1. The summed E-state index contributed by atoms with van der Waals surface area (Å²) in [6, 6.07) is 17.5. The zero-order chi connectivity index (χ0) is 17.5. The van der Waals surface area contributed by atoms with E-state index in [1.54, 1.807) is 21.0 Å². The molecule has 0 saturated heterocycles. The van der Waals surface area contributed by atoms with Crippen molar-refractivity contribution < 1.29 is 9.59 Å². The summed E-state index contributed by atoms with van der Waals surface area (Å²) in [7, 11) is 3.26. The van der Waals surface area contributed by atoms with Gasteiger partial charge < -0.3 is 15.5 Å². The number of hydrogen-bond acceptors (Lipinski definition) is 2.